The zero-order chi connectivity index (χ0) is 15.4. The SMILES string of the molecule is Cl.O=C(O)C1CCCN1CCCc1nc(-c2ccccc2)no1. The molecule has 0 spiro atoms. The maximum absolute atomic E-state index is 11.1. The van der Waals surface area contributed by atoms with Crippen LogP contribution in [0.4, 0.5) is 0 Å². The van der Waals surface area contributed by atoms with E-state index in [1.54, 1.807) is 0 Å². The molecule has 1 atom stereocenters. The molecule has 6 nitrogen and oxygen atoms in total. The van der Waals surface area contributed by atoms with Crippen molar-refractivity contribution in [2.75, 3.05) is 13.1 Å². The molecule has 1 unspecified atom stereocenters. The highest BCUT2D eigenvalue weighted by molar-refractivity contribution is 5.85. The summed E-state index contributed by atoms with van der Waals surface area (Å²) in [6, 6.07) is 9.37. The van der Waals surface area contributed by atoms with Gasteiger partial charge < -0.3 is 9.63 Å². The second kappa shape index (κ2) is 8.08. The van der Waals surface area contributed by atoms with Crippen molar-refractivity contribution in [3.8, 4) is 11.4 Å². The van der Waals surface area contributed by atoms with E-state index in [9.17, 15) is 4.79 Å². The van der Waals surface area contributed by atoms with E-state index in [-0.39, 0.29) is 18.4 Å². The molecule has 0 bridgehead atoms. The van der Waals surface area contributed by atoms with Crippen molar-refractivity contribution in [2.45, 2.75) is 31.7 Å². The van der Waals surface area contributed by atoms with Crippen LogP contribution in [-0.2, 0) is 11.2 Å². The Bertz CT molecular complexity index is 633. The molecule has 0 radical (unpaired) electrons. The number of aliphatic carboxylic acids is 1. The minimum Gasteiger partial charge on any atom is -0.480 e. The molecule has 2 aromatic rings. The van der Waals surface area contributed by atoms with Gasteiger partial charge in [-0.3, -0.25) is 9.69 Å². The van der Waals surface area contributed by atoms with Crippen LogP contribution in [0.2, 0.25) is 0 Å². The predicted molar refractivity (Wildman–Crippen MR) is 87.5 cm³/mol. The third-order valence-corrected chi connectivity index (χ3v) is 3.98. The summed E-state index contributed by atoms with van der Waals surface area (Å²) in [7, 11) is 0. The highest BCUT2D eigenvalue weighted by Gasteiger charge is 2.29. The average molecular weight is 338 g/mol. The lowest BCUT2D eigenvalue weighted by Gasteiger charge is -2.20. The summed E-state index contributed by atoms with van der Waals surface area (Å²) in [5.74, 6) is 0.478. The number of carboxylic acids is 1. The topological polar surface area (TPSA) is 79.5 Å². The van der Waals surface area contributed by atoms with E-state index in [1.807, 2.05) is 35.2 Å². The third-order valence-electron chi connectivity index (χ3n) is 3.98. The fourth-order valence-corrected chi connectivity index (χ4v) is 2.87. The molecule has 1 aliphatic heterocycles. The summed E-state index contributed by atoms with van der Waals surface area (Å²) in [6.45, 7) is 1.61. The zero-order valence-corrected chi connectivity index (χ0v) is 13.5. The lowest BCUT2D eigenvalue weighted by molar-refractivity contribution is -0.142. The minimum atomic E-state index is -0.721. The number of halogens is 1. The minimum absolute atomic E-state index is 0. The standard InChI is InChI=1S/C16H19N3O3.ClH/c20-16(21)13-8-4-10-19(13)11-5-9-14-17-15(18-22-14)12-6-2-1-3-7-12;/h1-3,6-7,13H,4-5,8-11H2,(H,20,21);1H. The molecule has 1 saturated heterocycles. The molecule has 1 N–H and O–H groups in total. The van der Waals surface area contributed by atoms with Crippen molar-refractivity contribution in [1.29, 1.82) is 0 Å². The number of aromatic nitrogens is 2. The number of hydrogen-bond acceptors (Lipinski definition) is 5. The highest BCUT2D eigenvalue weighted by atomic mass is 35.5. The normalized spacial score (nSPS) is 17.8. The number of carboxylic acid groups (broad SMARTS) is 1. The second-order valence-corrected chi connectivity index (χ2v) is 5.51. The van der Waals surface area contributed by atoms with E-state index in [1.165, 1.54) is 0 Å². The Morgan fingerprint density at radius 1 is 1.35 bits per heavy atom. The van der Waals surface area contributed by atoms with Gasteiger partial charge in [-0.2, -0.15) is 4.98 Å². The van der Waals surface area contributed by atoms with Gasteiger partial charge in [0.05, 0.1) is 0 Å². The van der Waals surface area contributed by atoms with Gasteiger partial charge in [0.25, 0.3) is 0 Å². The van der Waals surface area contributed by atoms with E-state index < -0.39 is 5.97 Å². The number of benzene rings is 1. The maximum Gasteiger partial charge on any atom is 0.320 e. The lowest BCUT2D eigenvalue weighted by Crippen LogP contribution is -2.36. The number of hydrogen-bond donors (Lipinski definition) is 1. The number of rotatable bonds is 6. The molecule has 3 rings (SSSR count). The maximum atomic E-state index is 11.1. The van der Waals surface area contributed by atoms with Crippen LogP contribution >= 0.6 is 12.4 Å². The Hall–Kier alpha value is -1.92. The van der Waals surface area contributed by atoms with Crippen molar-refractivity contribution in [2.24, 2.45) is 0 Å². The predicted octanol–water partition coefficient (Wildman–Crippen LogP) is 2.64. The van der Waals surface area contributed by atoms with Gasteiger partial charge >= 0.3 is 5.97 Å². The van der Waals surface area contributed by atoms with Gasteiger partial charge in [0.15, 0.2) is 0 Å². The first-order valence-electron chi connectivity index (χ1n) is 7.59. The summed E-state index contributed by atoms with van der Waals surface area (Å²) in [5.41, 5.74) is 0.933. The molecular formula is C16H20ClN3O3. The van der Waals surface area contributed by atoms with Crippen LogP contribution in [-0.4, -0.2) is 45.2 Å². The van der Waals surface area contributed by atoms with Gasteiger partial charge in [0.1, 0.15) is 6.04 Å². The van der Waals surface area contributed by atoms with Gasteiger partial charge in [-0.1, -0.05) is 35.5 Å². The molecule has 7 heteroatoms. The summed E-state index contributed by atoms with van der Waals surface area (Å²) in [5, 5.41) is 13.1. The van der Waals surface area contributed by atoms with Crippen LogP contribution in [0.25, 0.3) is 11.4 Å². The monoisotopic (exact) mass is 337 g/mol. The van der Waals surface area contributed by atoms with E-state index in [2.05, 4.69) is 10.1 Å². The van der Waals surface area contributed by atoms with Crippen LogP contribution in [0.1, 0.15) is 25.2 Å². The van der Waals surface area contributed by atoms with Crippen LogP contribution in [0.5, 0.6) is 0 Å². The van der Waals surface area contributed by atoms with Crippen molar-refractivity contribution >= 4 is 18.4 Å². The smallest absolute Gasteiger partial charge is 0.320 e. The average Bonchev–Trinajstić information content (AvgIpc) is 3.17. The number of likely N-dealkylation sites (tertiary alicyclic amines) is 1. The van der Waals surface area contributed by atoms with E-state index in [0.717, 1.165) is 37.9 Å². The summed E-state index contributed by atoms with van der Waals surface area (Å²) in [6.07, 6.45) is 3.19. The van der Waals surface area contributed by atoms with Crippen LogP contribution in [0, 0.1) is 0 Å². The van der Waals surface area contributed by atoms with Crippen LogP contribution in [0.3, 0.4) is 0 Å². The van der Waals surface area contributed by atoms with Crippen molar-refractivity contribution in [1.82, 2.24) is 15.0 Å². The van der Waals surface area contributed by atoms with E-state index in [4.69, 9.17) is 9.63 Å². The molecule has 1 aliphatic rings. The molecule has 1 aromatic carbocycles. The molecule has 2 heterocycles. The quantitative estimate of drug-likeness (QED) is 0.873. The Morgan fingerprint density at radius 2 is 2.13 bits per heavy atom. The molecule has 1 fully saturated rings. The molecule has 124 valence electrons. The van der Waals surface area contributed by atoms with Gasteiger partial charge in [-0.25, -0.2) is 0 Å². The number of carbonyl (C=O) groups is 1. The Kier molecular flexibility index (Phi) is 6.12. The fraction of sp³-hybridized carbons (Fsp3) is 0.438. The largest absolute Gasteiger partial charge is 0.480 e. The fourth-order valence-electron chi connectivity index (χ4n) is 2.87. The first-order chi connectivity index (χ1) is 10.7. The van der Waals surface area contributed by atoms with E-state index in [0.29, 0.717) is 18.1 Å². The number of aryl methyl sites for hydroxylation is 1. The third kappa shape index (κ3) is 4.30. The summed E-state index contributed by atoms with van der Waals surface area (Å²) < 4.78 is 5.26. The first kappa shape index (κ1) is 17.4. The zero-order valence-electron chi connectivity index (χ0n) is 12.7. The Morgan fingerprint density at radius 3 is 2.87 bits per heavy atom. The van der Waals surface area contributed by atoms with Gasteiger partial charge in [0, 0.05) is 12.0 Å². The van der Waals surface area contributed by atoms with Crippen molar-refractivity contribution < 1.29 is 14.4 Å². The van der Waals surface area contributed by atoms with Crippen molar-refractivity contribution in [3.05, 3.63) is 36.2 Å². The van der Waals surface area contributed by atoms with Crippen molar-refractivity contribution in [3.63, 3.8) is 0 Å². The molecule has 0 saturated carbocycles. The summed E-state index contributed by atoms with van der Waals surface area (Å²) >= 11 is 0. The van der Waals surface area contributed by atoms with Gasteiger partial charge in [-0.15, -0.1) is 12.4 Å². The van der Waals surface area contributed by atoms with Crippen LogP contribution in [0.15, 0.2) is 34.9 Å². The van der Waals surface area contributed by atoms with Gasteiger partial charge in [-0.05, 0) is 32.4 Å². The molecule has 0 amide bonds. The van der Waals surface area contributed by atoms with Crippen LogP contribution < -0.4 is 0 Å². The lowest BCUT2D eigenvalue weighted by atomic mass is 10.2. The number of nitrogens with zero attached hydrogens (tertiary/aromatic N) is 3. The summed E-state index contributed by atoms with van der Waals surface area (Å²) in [4.78, 5) is 17.5. The highest BCUT2D eigenvalue weighted by Crippen LogP contribution is 2.19. The molecular weight excluding hydrogens is 318 g/mol. The van der Waals surface area contributed by atoms with E-state index >= 15 is 0 Å². The molecule has 23 heavy (non-hydrogen) atoms. The Labute approximate surface area is 140 Å². The first-order valence-corrected chi connectivity index (χ1v) is 7.59. The second-order valence-electron chi connectivity index (χ2n) is 5.51. The molecule has 0 aliphatic carbocycles. The van der Waals surface area contributed by atoms with Gasteiger partial charge in [0.2, 0.25) is 11.7 Å². The Balaban J connectivity index is 0.00000192. The molecule has 1 aromatic heterocycles.